The van der Waals surface area contributed by atoms with Gasteiger partial charge in [0.1, 0.15) is 0 Å². The summed E-state index contributed by atoms with van der Waals surface area (Å²) in [5, 5.41) is 3.26. The topological polar surface area (TPSA) is 15.3 Å². The van der Waals surface area contributed by atoms with Crippen LogP contribution in [0, 0.1) is 11.6 Å². The van der Waals surface area contributed by atoms with Gasteiger partial charge in [0.05, 0.1) is 0 Å². The fraction of sp³-hybridized carbons (Fsp3) is 0.571. The highest BCUT2D eigenvalue weighted by Gasteiger charge is 2.08. The minimum absolute atomic E-state index is 0.588. The third-order valence-electron chi connectivity index (χ3n) is 3.37. The molecule has 0 atom stereocenters. The van der Waals surface area contributed by atoms with Crippen LogP contribution in [0.4, 0.5) is 8.78 Å². The molecule has 1 aromatic carbocycles. The summed E-state index contributed by atoms with van der Waals surface area (Å²) in [5.74, 6) is -1.56. The zero-order valence-electron chi connectivity index (χ0n) is 10.6. The van der Waals surface area contributed by atoms with E-state index in [9.17, 15) is 8.78 Å². The van der Waals surface area contributed by atoms with E-state index in [1.54, 1.807) is 6.07 Å². The lowest BCUT2D eigenvalue weighted by Gasteiger charge is -2.26. The largest absolute Gasteiger partial charge is 0.311 e. The van der Waals surface area contributed by atoms with Gasteiger partial charge in [-0.3, -0.25) is 0 Å². The summed E-state index contributed by atoms with van der Waals surface area (Å²) in [6.07, 6.45) is 3.94. The van der Waals surface area contributed by atoms with Crippen molar-refractivity contribution in [1.82, 2.24) is 10.2 Å². The summed E-state index contributed by atoms with van der Waals surface area (Å²) >= 11 is 0. The molecule has 0 aliphatic carbocycles. The van der Waals surface area contributed by atoms with Gasteiger partial charge in [-0.1, -0.05) is 12.5 Å². The molecular formula is C14H20F2N2. The molecule has 18 heavy (non-hydrogen) atoms. The molecular weight excluding hydrogens is 234 g/mol. The van der Waals surface area contributed by atoms with E-state index in [1.165, 1.54) is 44.5 Å². The molecule has 1 aliphatic heterocycles. The monoisotopic (exact) mass is 254 g/mol. The van der Waals surface area contributed by atoms with Crippen molar-refractivity contribution in [3.63, 3.8) is 0 Å². The van der Waals surface area contributed by atoms with Crippen molar-refractivity contribution in [2.45, 2.75) is 25.8 Å². The molecule has 1 saturated heterocycles. The zero-order valence-corrected chi connectivity index (χ0v) is 10.6. The summed E-state index contributed by atoms with van der Waals surface area (Å²) in [5.41, 5.74) is 0.785. The van der Waals surface area contributed by atoms with Crippen LogP contribution in [0.15, 0.2) is 18.2 Å². The first-order valence-corrected chi connectivity index (χ1v) is 6.63. The van der Waals surface area contributed by atoms with Crippen LogP contribution in [0.3, 0.4) is 0 Å². The lowest BCUT2D eigenvalue weighted by Crippen LogP contribution is -2.35. The van der Waals surface area contributed by atoms with Crippen molar-refractivity contribution in [2.75, 3.05) is 26.2 Å². The predicted molar refractivity (Wildman–Crippen MR) is 68.4 cm³/mol. The Morgan fingerprint density at radius 3 is 2.56 bits per heavy atom. The van der Waals surface area contributed by atoms with Gasteiger partial charge in [-0.05, 0) is 43.6 Å². The Hall–Kier alpha value is -1.00. The van der Waals surface area contributed by atoms with E-state index in [0.29, 0.717) is 6.54 Å². The van der Waals surface area contributed by atoms with Gasteiger partial charge in [0.15, 0.2) is 11.6 Å². The molecule has 1 N–H and O–H groups in total. The van der Waals surface area contributed by atoms with Crippen LogP contribution in [-0.4, -0.2) is 31.1 Å². The summed E-state index contributed by atoms with van der Waals surface area (Å²) in [4.78, 5) is 2.45. The summed E-state index contributed by atoms with van der Waals surface area (Å²) in [6, 6.07) is 4.05. The van der Waals surface area contributed by atoms with E-state index in [2.05, 4.69) is 10.2 Å². The van der Waals surface area contributed by atoms with Crippen LogP contribution in [0.2, 0.25) is 0 Å². The van der Waals surface area contributed by atoms with E-state index >= 15 is 0 Å². The lowest BCUT2D eigenvalue weighted by molar-refractivity contribution is 0.229. The molecule has 0 unspecified atom stereocenters. The first kappa shape index (κ1) is 13.4. The molecule has 0 aromatic heterocycles. The average Bonchev–Trinajstić information content (AvgIpc) is 2.40. The second-order valence-corrected chi connectivity index (χ2v) is 4.83. The lowest BCUT2D eigenvalue weighted by atomic mass is 10.1. The van der Waals surface area contributed by atoms with Gasteiger partial charge in [0, 0.05) is 19.6 Å². The van der Waals surface area contributed by atoms with E-state index in [-0.39, 0.29) is 0 Å². The predicted octanol–water partition coefficient (Wildman–Crippen LogP) is 2.54. The second kappa shape index (κ2) is 6.81. The van der Waals surface area contributed by atoms with Crippen LogP contribution in [0.1, 0.15) is 24.8 Å². The van der Waals surface area contributed by atoms with E-state index in [1.807, 2.05) is 0 Å². The molecule has 2 nitrogen and oxygen atoms in total. The molecule has 0 bridgehead atoms. The van der Waals surface area contributed by atoms with Gasteiger partial charge < -0.3 is 10.2 Å². The maximum atomic E-state index is 13.0. The van der Waals surface area contributed by atoms with Crippen molar-refractivity contribution in [2.24, 2.45) is 0 Å². The molecule has 0 saturated carbocycles. The Bertz CT molecular complexity index is 376. The van der Waals surface area contributed by atoms with Gasteiger partial charge >= 0.3 is 0 Å². The van der Waals surface area contributed by atoms with Gasteiger partial charge in [-0.25, -0.2) is 8.78 Å². The Morgan fingerprint density at radius 2 is 1.83 bits per heavy atom. The van der Waals surface area contributed by atoms with Crippen molar-refractivity contribution >= 4 is 0 Å². The SMILES string of the molecule is Fc1ccc(CNCCN2CCCCC2)cc1F. The number of hydrogen-bond acceptors (Lipinski definition) is 2. The number of nitrogens with one attached hydrogen (secondary N) is 1. The summed E-state index contributed by atoms with van der Waals surface area (Å²) in [7, 11) is 0. The minimum atomic E-state index is -0.785. The zero-order chi connectivity index (χ0) is 12.8. The molecule has 100 valence electrons. The van der Waals surface area contributed by atoms with E-state index in [4.69, 9.17) is 0 Å². The molecule has 1 aliphatic rings. The fourth-order valence-electron chi connectivity index (χ4n) is 2.30. The molecule has 1 heterocycles. The third kappa shape index (κ3) is 4.03. The molecule has 1 aromatic rings. The third-order valence-corrected chi connectivity index (χ3v) is 3.37. The summed E-state index contributed by atoms with van der Waals surface area (Å²) in [6.45, 7) is 4.88. The summed E-state index contributed by atoms with van der Waals surface area (Å²) < 4.78 is 25.7. The quantitative estimate of drug-likeness (QED) is 0.812. The molecule has 1 fully saturated rings. The maximum Gasteiger partial charge on any atom is 0.159 e. The Balaban J connectivity index is 1.66. The van der Waals surface area contributed by atoms with Crippen LogP contribution >= 0.6 is 0 Å². The number of piperidine rings is 1. The molecule has 0 spiro atoms. The highest BCUT2D eigenvalue weighted by Crippen LogP contribution is 2.09. The highest BCUT2D eigenvalue weighted by atomic mass is 19.2. The molecule has 4 heteroatoms. The fourth-order valence-corrected chi connectivity index (χ4v) is 2.30. The van der Waals surface area contributed by atoms with Crippen molar-refractivity contribution in [1.29, 1.82) is 0 Å². The van der Waals surface area contributed by atoms with Crippen LogP contribution in [0.25, 0.3) is 0 Å². The van der Waals surface area contributed by atoms with Crippen LogP contribution < -0.4 is 5.32 Å². The number of nitrogens with zero attached hydrogens (tertiary/aromatic N) is 1. The molecule has 0 radical (unpaired) electrons. The first-order valence-electron chi connectivity index (χ1n) is 6.63. The van der Waals surface area contributed by atoms with Crippen LogP contribution in [-0.2, 0) is 6.54 Å². The van der Waals surface area contributed by atoms with Gasteiger partial charge in [-0.2, -0.15) is 0 Å². The van der Waals surface area contributed by atoms with E-state index < -0.39 is 11.6 Å². The molecule has 0 amide bonds. The number of halogens is 2. The minimum Gasteiger partial charge on any atom is -0.311 e. The van der Waals surface area contributed by atoms with Crippen molar-refractivity contribution < 1.29 is 8.78 Å². The number of likely N-dealkylation sites (tertiary alicyclic amines) is 1. The number of benzene rings is 1. The van der Waals surface area contributed by atoms with Crippen LogP contribution in [0.5, 0.6) is 0 Å². The van der Waals surface area contributed by atoms with E-state index in [0.717, 1.165) is 18.7 Å². The normalized spacial score (nSPS) is 17.0. The van der Waals surface area contributed by atoms with Gasteiger partial charge in [0.2, 0.25) is 0 Å². The Morgan fingerprint density at radius 1 is 1.06 bits per heavy atom. The Kier molecular flexibility index (Phi) is 5.08. The standard InChI is InChI=1S/C14H20F2N2/c15-13-5-4-12(10-14(13)16)11-17-6-9-18-7-2-1-3-8-18/h4-5,10,17H,1-3,6-9,11H2. The smallest absolute Gasteiger partial charge is 0.159 e. The molecule has 2 rings (SSSR count). The number of rotatable bonds is 5. The highest BCUT2D eigenvalue weighted by molar-refractivity contribution is 5.17. The van der Waals surface area contributed by atoms with Gasteiger partial charge in [-0.15, -0.1) is 0 Å². The average molecular weight is 254 g/mol. The first-order chi connectivity index (χ1) is 8.75. The number of hydrogen-bond donors (Lipinski definition) is 1. The second-order valence-electron chi connectivity index (χ2n) is 4.83. The van der Waals surface area contributed by atoms with Crippen molar-refractivity contribution in [3.05, 3.63) is 35.4 Å². The van der Waals surface area contributed by atoms with Gasteiger partial charge in [0.25, 0.3) is 0 Å². The van der Waals surface area contributed by atoms with Crippen molar-refractivity contribution in [3.8, 4) is 0 Å². The maximum absolute atomic E-state index is 13.0. The Labute approximate surface area is 107 Å².